The Morgan fingerprint density at radius 3 is 2.53 bits per heavy atom. The predicted molar refractivity (Wildman–Crippen MR) is 63.8 cm³/mol. The van der Waals surface area contributed by atoms with Gasteiger partial charge in [-0.05, 0) is 26.0 Å². The summed E-state index contributed by atoms with van der Waals surface area (Å²) in [7, 11) is 0. The second-order valence-electron chi connectivity index (χ2n) is 3.86. The minimum Gasteiger partial charge on any atom is -0.257 e. The Kier molecular flexibility index (Phi) is 2.88. The maximum absolute atomic E-state index is 13.7. The molecule has 0 fully saturated rings. The Balaban J connectivity index is 2.76. The van der Waals surface area contributed by atoms with Crippen LogP contribution in [0.25, 0.3) is 11.1 Å². The van der Waals surface area contributed by atoms with E-state index in [4.69, 9.17) is 5.26 Å². The highest BCUT2D eigenvalue weighted by Crippen LogP contribution is 2.27. The molecule has 1 aromatic carbocycles. The molecule has 0 radical (unpaired) electrons. The molecule has 0 aliphatic heterocycles. The Bertz CT molecular complexity index is 612. The average Bonchev–Trinajstić information content (AvgIpc) is 2.28. The van der Waals surface area contributed by atoms with Gasteiger partial charge in [-0.1, -0.05) is 18.2 Å². The van der Waals surface area contributed by atoms with Crippen molar-refractivity contribution in [1.29, 1.82) is 5.26 Å². The number of benzene rings is 1. The second-order valence-corrected chi connectivity index (χ2v) is 3.86. The van der Waals surface area contributed by atoms with Crippen molar-refractivity contribution >= 4 is 0 Å². The first-order valence-electron chi connectivity index (χ1n) is 5.26. The molecule has 0 bridgehead atoms. The summed E-state index contributed by atoms with van der Waals surface area (Å²) in [5.41, 5.74) is 2.89. The van der Waals surface area contributed by atoms with E-state index in [-0.39, 0.29) is 5.82 Å². The van der Waals surface area contributed by atoms with Crippen LogP contribution in [-0.2, 0) is 0 Å². The van der Waals surface area contributed by atoms with Crippen LogP contribution in [0.5, 0.6) is 0 Å². The zero-order valence-electron chi connectivity index (χ0n) is 9.66. The van der Waals surface area contributed by atoms with Gasteiger partial charge in [0.15, 0.2) is 0 Å². The Morgan fingerprint density at radius 2 is 1.88 bits per heavy atom. The van der Waals surface area contributed by atoms with Crippen molar-refractivity contribution in [2.75, 3.05) is 0 Å². The van der Waals surface area contributed by atoms with Crippen LogP contribution >= 0.6 is 0 Å². The lowest BCUT2D eigenvalue weighted by atomic mass is 9.98. The lowest BCUT2D eigenvalue weighted by Gasteiger charge is -2.08. The van der Waals surface area contributed by atoms with E-state index in [9.17, 15) is 4.39 Å². The zero-order chi connectivity index (χ0) is 12.4. The number of hydrogen-bond donors (Lipinski definition) is 0. The van der Waals surface area contributed by atoms with Gasteiger partial charge >= 0.3 is 0 Å². The average molecular weight is 226 g/mol. The summed E-state index contributed by atoms with van der Waals surface area (Å²) in [6.45, 7) is 3.59. The van der Waals surface area contributed by atoms with Crippen LogP contribution in [0.2, 0.25) is 0 Å². The smallest absolute Gasteiger partial charge is 0.131 e. The van der Waals surface area contributed by atoms with Gasteiger partial charge in [-0.3, -0.25) is 4.98 Å². The number of aryl methyl sites for hydroxylation is 2. The molecule has 0 amide bonds. The Morgan fingerprint density at radius 1 is 1.18 bits per heavy atom. The van der Waals surface area contributed by atoms with Gasteiger partial charge in [0.2, 0.25) is 0 Å². The highest BCUT2D eigenvalue weighted by Gasteiger charge is 2.12. The van der Waals surface area contributed by atoms with E-state index in [0.717, 1.165) is 5.69 Å². The molecule has 0 N–H and O–H groups in total. The van der Waals surface area contributed by atoms with Gasteiger partial charge < -0.3 is 0 Å². The van der Waals surface area contributed by atoms with Gasteiger partial charge in [0.05, 0.1) is 11.3 Å². The van der Waals surface area contributed by atoms with E-state index in [1.54, 1.807) is 31.2 Å². The van der Waals surface area contributed by atoms with Crippen molar-refractivity contribution in [1.82, 2.24) is 4.98 Å². The fraction of sp³-hybridized carbons (Fsp3) is 0.143. The number of hydrogen-bond acceptors (Lipinski definition) is 2. The summed E-state index contributed by atoms with van der Waals surface area (Å²) < 4.78 is 13.7. The van der Waals surface area contributed by atoms with Gasteiger partial charge in [-0.15, -0.1) is 0 Å². The molecule has 2 aromatic rings. The SMILES string of the molecule is Cc1cc(-c2ccccc2F)c(C#N)c(C)n1. The largest absolute Gasteiger partial charge is 0.257 e. The molecule has 1 heterocycles. The quantitative estimate of drug-likeness (QED) is 0.747. The van der Waals surface area contributed by atoms with E-state index in [1.807, 2.05) is 6.92 Å². The van der Waals surface area contributed by atoms with Gasteiger partial charge in [-0.2, -0.15) is 5.26 Å². The van der Waals surface area contributed by atoms with Crippen molar-refractivity contribution < 1.29 is 4.39 Å². The van der Waals surface area contributed by atoms with Crippen molar-refractivity contribution in [3.8, 4) is 17.2 Å². The highest BCUT2D eigenvalue weighted by atomic mass is 19.1. The Hall–Kier alpha value is -2.21. The molecule has 3 heteroatoms. The summed E-state index contributed by atoms with van der Waals surface area (Å²) in [5, 5.41) is 9.13. The molecule has 0 unspecified atom stereocenters. The van der Waals surface area contributed by atoms with Crippen LogP contribution < -0.4 is 0 Å². The molecule has 0 atom stereocenters. The molecular weight excluding hydrogens is 215 g/mol. The van der Waals surface area contributed by atoms with E-state index in [0.29, 0.717) is 22.4 Å². The van der Waals surface area contributed by atoms with Gasteiger partial charge in [0.1, 0.15) is 11.9 Å². The first-order chi connectivity index (χ1) is 8.13. The van der Waals surface area contributed by atoms with Crippen LogP contribution in [-0.4, -0.2) is 4.98 Å². The third-order valence-electron chi connectivity index (χ3n) is 2.60. The summed E-state index contributed by atoms with van der Waals surface area (Å²) in [6, 6.07) is 10.3. The lowest BCUT2D eigenvalue weighted by molar-refractivity contribution is 0.631. The molecule has 0 aliphatic carbocycles. The second kappa shape index (κ2) is 4.34. The van der Waals surface area contributed by atoms with Crippen molar-refractivity contribution in [3.05, 3.63) is 53.1 Å². The molecule has 2 nitrogen and oxygen atoms in total. The Labute approximate surface area is 99.4 Å². The molecule has 2 rings (SSSR count). The number of halogens is 1. The highest BCUT2D eigenvalue weighted by molar-refractivity contribution is 5.72. The van der Waals surface area contributed by atoms with E-state index in [1.165, 1.54) is 6.07 Å². The van der Waals surface area contributed by atoms with Crippen LogP contribution in [0.1, 0.15) is 17.0 Å². The van der Waals surface area contributed by atoms with Crippen LogP contribution in [0.4, 0.5) is 4.39 Å². The third-order valence-corrected chi connectivity index (χ3v) is 2.60. The maximum Gasteiger partial charge on any atom is 0.131 e. The first-order valence-corrected chi connectivity index (χ1v) is 5.26. The molecule has 1 aromatic heterocycles. The predicted octanol–water partition coefficient (Wildman–Crippen LogP) is 3.38. The molecule has 0 spiro atoms. The number of pyridine rings is 1. The first kappa shape index (κ1) is 11.3. The fourth-order valence-electron chi connectivity index (χ4n) is 1.86. The van der Waals surface area contributed by atoms with Crippen LogP contribution in [0.15, 0.2) is 30.3 Å². The van der Waals surface area contributed by atoms with E-state index >= 15 is 0 Å². The van der Waals surface area contributed by atoms with Crippen LogP contribution in [0.3, 0.4) is 0 Å². The van der Waals surface area contributed by atoms with Crippen molar-refractivity contribution in [3.63, 3.8) is 0 Å². The summed E-state index contributed by atoms with van der Waals surface area (Å²) in [6.07, 6.45) is 0. The minimum absolute atomic E-state index is 0.325. The summed E-state index contributed by atoms with van der Waals surface area (Å²) in [5.74, 6) is -0.325. The van der Waals surface area contributed by atoms with Crippen molar-refractivity contribution in [2.45, 2.75) is 13.8 Å². The number of nitrogens with zero attached hydrogens (tertiary/aromatic N) is 2. The van der Waals surface area contributed by atoms with Crippen molar-refractivity contribution in [2.24, 2.45) is 0 Å². The normalized spacial score (nSPS) is 10.0. The monoisotopic (exact) mass is 226 g/mol. The molecule has 0 saturated heterocycles. The number of nitriles is 1. The maximum atomic E-state index is 13.7. The fourth-order valence-corrected chi connectivity index (χ4v) is 1.86. The van der Waals surface area contributed by atoms with Gasteiger partial charge in [0.25, 0.3) is 0 Å². The van der Waals surface area contributed by atoms with E-state index < -0.39 is 0 Å². The number of aromatic nitrogens is 1. The lowest BCUT2D eigenvalue weighted by Crippen LogP contribution is -1.96. The molecule has 17 heavy (non-hydrogen) atoms. The number of rotatable bonds is 1. The molecule has 84 valence electrons. The molecular formula is C14H11FN2. The van der Waals surface area contributed by atoms with Gasteiger partial charge in [0, 0.05) is 16.8 Å². The molecule has 0 saturated carbocycles. The topological polar surface area (TPSA) is 36.7 Å². The summed E-state index contributed by atoms with van der Waals surface area (Å²) >= 11 is 0. The van der Waals surface area contributed by atoms with Gasteiger partial charge in [-0.25, -0.2) is 4.39 Å². The van der Waals surface area contributed by atoms with Crippen LogP contribution in [0, 0.1) is 31.0 Å². The summed E-state index contributed by atoms with van der Waals surface area (Å²) in [4.78, 5) is 4.22. The van der Waals surface area contributed by atoms with E-state index in [2.05, 4.69) is 11.1 Å². The zero-order valence-corrected chi connectivity index (χ0v) is 9.66. The standard InChI is InChI=1S/C14H11FN2/c1-9-7-12(13(8-16)10(2)17-9)11-5-3-4-6-14(11)15/h3-7H,1-2H3. The molecule has 0 aliphatic rings. The third kappa shape index (κ3) is 2.02. The minimum atomic E-state index is -0.325.